The van der Waals surface area contributed by atoms with Crippen LogP contribution in [0.2, 0.25) is 0 Å². The molecule has 0 spiro atoms. The Bertz CT molecular complexity index is 224. The van der Waals surface area contributed by atoms with Gasteiger partial charge in [0.25, 0.3) is 0 Å². The molecule has 0 rings (SSSR count). The van der Waals surface area contributed by atoms with Gasteiger partial charge in [-0.25, -0.2) is 0 Å². The van der Waals surface area contributed by atoms with Gasteiger partial charge in [0.05, 0.1) is 0 Å². The van der Waals surface area contributed by atoms with Crippen LogP contribution in [0.25, 0.3) is 0 Å². The van der Waals surface area contributed by atoms with E-state index in [-0.39, 0.29) is 0 Å². The van der Waals surface area contributed by atoms with Gasteiger partial charge < -0.3 is 9.64 Å². The molecule has 0 aliphatic carbocycles. The topological polar surface area (TPSA) is 29.5 Å². The largest absolute Gasteiger partial charge is 0.411 e. The van der Waals surface area contributed by atoms with Gasteiger partial charge in [-0.3, -0.25) is 4.79 Å². The van der Waals surface area contributed by atoms with Crippen molar-refractivity contribution in [3.63, 3.8) is 0 Å². The molecule has 7 heteroatoms. The number of amides is 1. The Balaban J connectivity index is 3.60. The van der Waals surface area contributed by atoms with Gasteiger partial charge in [0, 0.05) is 19.5 Å². The maximum absolute atomic E-state index is 11.7. The third-order valence-electron chi connectivity index (χ3n) is 2.04. The standard InChI is InChI=1S/C10H17ClF3NO2/c1-15(6-4-2-3-5-11)9(16)7-17-8-10(12,13)14/h2-8H2,1H3. The summed E-state index contributed by atoms with van der Waals surface area (Å²) in [5.74, 6) is 0.131. The normalized spacial score (nSPS) is 11.6. The molecule has 0 aliphatic rings. The van der Waals surface area contributed by atoms with Gasteiger partial charge in [-0.2, -0.15) is 13.2 Å². The van der Waals surface area contributed by atoms with Crippen LogP contribution in [0.15, 0.2) is 0 Å². The number of hydrogen-bond donors (Lipinski definition) is 0. The average Bonchev–Trinajstić information content (AvgIpc) is 2.22. The van der Waals surface area contributed by atoms with Crippen LogP contribution in [0.3, 0.4) is 0 Å². The number of alkyl halides is 4. The van der Waals surface area contributed by atoms with E-state index in [0.717, 1.165) is 19.3 Å². The number of likely N-dealkylation sites (N-methyl/N-ethyl adjacent to an activating group) is 1. The summed E-state index contributed by atoms with van der Waals surface area (Å²) < 4.78 is 39.5. The van der Waals surface area contributed by atoms with Crippen LogP contribution in [0.5, 0.6) is 0 Å². The minimum atomic E-state index is -4.39. The van der Waals surface area contributed by atoms with E-state index in [1.54, 1.807) is 7.05 Å². The zero-order chi connectivity index (χ0) is 13.3. The molecule has 0 fully saturated rings. The number of ether oxygens (including phenoxy) is 1. The summed E-state index contributed by atoms with van der Waals surface area (Å²) in [7, 11) is 1.54. The second-order valence-electron chi connectivity index (χ2n) is 3.67. The smallest absolute Gasteiger partial charge is 0.362 e. The molecule has 0 bridgehead atoms. The molecule has 3 nitrogen and oxygen atoms in total. The van der Waals surface area contributed by atoms with E-state index in [0.29, 0.717) is 12.4 Å². The highest BCUT2D eigenvalue weighted by Crippen LogP contribution is 2.14. The second-order valence-corrected chi connectivity index (χ2v) is 4.05. The predicted octanol–water partition coefficient (Wildman–Crippen LogP) is 2.43. The molecule has 0 aromatic heterocycles. The molecule has 0 atom stereocenters. The molecule has 0 saturated carbocycles. The Morgan fingerprint density at radius 3 is 2.47 bits per heavy atom. The van der Waals surface area contributed by atoms with Gasteiger partial charge in [-0.1, -0.05) is 6.42 Å². The van der Waals surface area contributed by atoms with Gasteiger partial charge in [0.1, 0.15) is 13.2 Å². The number of halogens is 4. The first-order valence-corrected chi connectivity index (χ1v) is 5.84. The van der Waals surface area contributed by atoms with Crippen LogP contribution in [0, 0.1) is 0 Å². The molecule has 17 heavy (non-hydrogen) atoms. The highest BCUT2D eigenvalue weighted by Gasteiger charge is 2.28. The van der Waals surface area contributed by atoms with Crippen molar-refractivity contribution < 1.29 is 22.7 Å². The van der Waals surface area contributed by atoms with Gasteiger partial charge in [0.2, 0.25) is 5.91 Å². The second kappa shape index (κ2) is 8.58. The van der Waals surface area contributed by atoms with E-state index >= 15 is 0 Å². The van der Waals surface area contributed by atoms with Gasteiger partial charge in [-0.15, -0.1) is 11.6 Å². The first-order valence-electron chi connectivity index (χ1n) is 5.31. The van der Waals surface area contributed by atoms with Crippen molar-refractivity contribution in [2.24, 2.45) is 0 Å². The fraction of sp³-hybridized carbons (Fsp3) is 0.900. The van der Waals surface area contributed by atoms with E-state index in [1.807, 2.05) is 0 Å². The number of carbonyl (C=O) groups excluding carboxylic acids is 1. The lowest BCUT2D eigenvalue weighted by Gasteiger charge is -2.17. The molecule has 0 aromatic carbocycles. The van der Waals surface area contributed by atoms with Crippen molar-refractivity contribution >= 4 is 17.5 Å². The Morgan fingerprint density at radius 1 is 1.29 bits per heavy atom. The molecule has 102 valence electrons. The first kappa shape index (κ1) is 16.5. The highest BCUT2D eigenvalue weighted by atomic mass is 35.5. The molecule has 0 N–H and O–H groups in total. The lowest BCUT2D eigenvalue weighted by Crippen LogP contribution is -2.32. The molecule has 0 radical (unpaired) electrons. The SMILES string of the molecule is CN(CCCCCCl)C(=O)COCC(F)(F)F. The van der Waals surface area contributed by atoms with E-state index < -0.39 is 25.3 Å². The number of carbonyl (C=O) groups is 1. The molecule has 0 saturated heterocycles. The minimum absolute atomic E-state index is 0.444. The van der Waals surface area contributed by atoms with Crippen LogP contribution in [0.4, 0.5) is 13.2 Å². The third-order valence-corrected chi connectivity index (χ3v) is 2.31. The molecule has 0 aliphatic heterocycles. The highest BCUT2D eigenvalue weighted by molar-refractivity contribution is 6.17. The van der Waals surface area contributed by atoms with Crippen molar-refractivity contribution in [3.05, 3.63) is 0 Å². The minimum Gasteiger partial charge on any atom is -0.362 e. The molecular weight excluding hydrogens is 259 g/mol. The zero-order valence-corrected chi connectivity index (χ0v) is 10.5. The fourth-order valence-electron chi connectivity index (χ4n) is 1.11. The summed E-state index contributed by atoms with van der Waals surface area (Å²) in [5.41, 5.74) is 0. The molecule has 0 unspecified atom stereocenters. The summed E-state index contributed by atoms with van der Waals surface area (Å²) in [6.07, 6.45) is -1.84. The number of nitrogens with zero attached hydrogens (tertiary/aromatic N) is 1. The third kappa shape index (κ3) is 10.4. The lowest BCUT2D eigenvalue weighted by atomic mass is 10.2. The fourth-order valence-corrected chi connectivity index (χ4v) is 1.30. The first-order chi connectivity index (χ1) is 7.87. The number of unbranched alkanes of at least 4 members (excludes halogenated alkanes) is 2. The van der Waals surface area contributed by atoms with Gasteiger partial charge in [-0.05, 0) is 12.8 Å². The predicted molar refractivity (Wildman–Crippen MR) is 59.1 cm³/mol. The van der Waals surface area contributed by atoms with Crippen LogP contribution in [-0.4, -0.2) is 49.7 Å². The summed E-state index contributed by atoms with van der Waals surface area (Å²) in [6.45, 7) is -1.42. The van der Waals surface area contributed by atoms with Gasteiger partial charge in [0.15, 0.2) is 0 Å². The average molecular weight is 276 g/mol. The van der Waals surface area contributed by atoms with Crippen LogP contribution >= 0.6 is 11.6 Å². The maximum Gasteiger partial charge on any atom is 0.411 e. The molecular formula is C10H17ClF3NO2. The molecule has 0 heterocycles. The van der Waals surface area contributed by atoms with E-state index in [1.165, 1.54) is 4.90 Å². The Hall–Kier alpha value is -0.490. The molecule has 0 aromatic rings. The summed E-state index contributed by atoms with van der Waals surface area (Å²) in [4.78, 5) is 12.7. The Labute approximate surface area is 104 Å². The van der Waals surface area contributed by atoms with Crippen molar-refractivity contribution in [2.45, 2.75) is 25.4 Å². The zero-order valence-electron chi connectivity index (χ0n) is 9.73. The number of rotatable bonds is 8. The Morgan fingerprint density at radius 2 is 1.94 bits per heavy atom. The quantitative estimate of drug-likeness (QED) is 0.503. The maximum atomic E-state index is 11.7. The van der Waals surface area contributed by atoms with E-state index in [9.17, 15) is 18.0 Å². The Kier molecular flexibility index (Phi) is 8.33. The number of hydrogen-bond acceptors (Lipinski definition) is 2. The summed E-state index contributed by atoms with van der Waals surface area (Å²) >= 11 is 5.48. The summed E-state index contributed by atoms with van der Waals surface area (Å²) in [5, 5.41) is 0. The van der Waals surface area contributed by atoms with E-state index in [2.05, 4.69) is 4.74 Å². The molecule has 1 amide bonds. The van der Waals surface area contributed by atoms with Crippen LogP contribution in [0.1, 0.15) is 19.3 Å². The summed E-state index contributed by atoms with van der Waals surface area (Å²) in [6, 6.07) is 0. The van der Waals surface area contributed by atoms with E-state index in [4.69, 9.17) is 11.6 Å². The van der Waals surface area contributed by atoms with Crippen LogP contribution < -0.4 is 0 Å². The lowest BCUT2D eigenvalue weighted by molar-refractivity contribution is -0.177. The monoisotopic (exact) mass is 275 g/mol. The van der Waals surface area contributed by atoms with Crippen molar-refractivity contribution in [2.75, 3.05) is 32.7 Å². The van der Waals surface area contributed by atoms with Crippen LogP contribution in [-0.2, 0) is 9.53 Å². The van der Waals surface area contributed by atoms with Crippen molar-refractivity contribution in [1.82, 2.24) is 4.90 Å². The van der Waals surface area contributed by atoms with Crippen molar-refractivity contribution in [3.8, 4) is 0 Å². The van der Waals surface area contributed by atoms with Crippen molar-refractivity contribution in [1.29, 1.82) is 0 Å². The van der Waals surface area contributed by atoms with Gasteiger partial charge >= 0.3 is 6.18 Å².